The minimum absolute atomic E-state index is 0.0499. The van der Waals surface area contributed by atoms with Crippen molar-refractivity contribution in [2.24, 2.45) is 10.8 Å². The number of aliphatic hydroxyl groups excluding tert-OH is 1. The minimum atomic E-state index is -4.43. The summed E-state index contributed by atoms with van der Waals surface area (Å²) < 4.78 is 37.0. The van der Waals surface area contributed by atoms with Crippen LogP contribution in [0.25, 0.3) is 0 Å². The van der Waals surface area contributed by atoms with E-state index in [1.165, 1.54) is 12.1 Å². The van der Waals surface area contributed by atoms with Crippen LogP contribution in [0.4, 0.5) is 13.2 Å². The summed E-state index contributed by atoms with van der Waals surface area (Å²) in [6, 6.07) is 3.07. The fourth-order valence-corrected chi connectivity index (χ4v) is 1.49. The third-order valence-corrected chi connectivity index (χ3v) is 2.55. The van der Waals surface area contributed by atoms with Gasteiger partial charge in [0, 0.05) is 0 Å². The molecule has 0 aliphatic rings. The van der Waals surface area contributed by atoms with E-state index in [1.54, 1.807) is 0 Å². The summed E-state index contributed by atoms with van der Waals surface area (Å²) in [5, 5.41) is 12.4. The molecule has 104 valence electrons. The van der Waals surface area contributed by atoms with Crippen molar-refractivity contribution >= 4 is 5.91 Å². The lowest BCUT2D eigenvalue weighted by atomic mass is 10.0. The largest absolute Gasteiger partial charge is 0.416 e. The van der Waals surface area contributed by atoms with Gasteiger partial charge in [-0.2, -0.15) is 18.3 Å². The van der Waals surface area contributed by atoms with Crippen molar-refractivity contribution < 1.29 is 23.1 Å². The van der Waals surface area contributed by atoms with Crippen LogP contribution in [0.5, 0.6) is 0 Å². The summed E-state index contributed by atoms with van der Waals surface area (Å²) in [5.41, 5.74) is 11.3. The van der Waals surface area contributed by atoms with Gasteiger partial charge in [0.25, 0.3) is 0 Å². The fraction of sp³-hybridized carbons (Fsp3) is 0.364. The Morgan fingerprint density at radius 2 is 1.89 bits per heavy atom. The topological polar surface area (TPSA) is 99.5 Å². The summed E-state index contributed by atoms with van der Waals surface area (Å²) in [7, 11) is 0. The van der Waals surface area contributed by atoms with Crippen molar-refractivity contribution in [2.45, 2.75) is 24.7 Å². The molecule has 4 N–H and O–H groups in total. The summed E-state index contributed by atoms with van der Waals surface area (Å²) >= 11 is 0. The Hall–Kier alpha value is -1.96. The normalized spacial score (nSPS) is 14.7. The number of amides is 1. The predicted octanol–water partition coefficient (Wildman–Crippen LogP) is 1.49. The van der Waals surface area contributed by atoms with Gasteiger partial charge in [0.1, 0.15) is 6.04 Å². The van der Waals surface area contributed by atoms with E-state index in [9.17, 15) is 23.1 Å². The standard InChI is InChI=1S/C11H12F3N3O2/c12-11(13,14)7-3-1-6(2-4-7)5-8(17-16)9(18)10(15)19/h1-4,8-9,16,18H,5H2,(H2,15,19). The lowest BCUT2D eigenvalue weighted by Gasteiger charge is -2.15. The zero-order valence-electron chi connectivity index (χ0n) is 9.69. The number of alkyl halides is 3. The van der Waals surface area contributed by atoms with Crippen molar-refractivity contribution in [1.29, 1.82) is 5.53 Å². The number of aliphatic hydroxyl groups is 1. The van der Waals surface area contributed by atoms with E-state index in [2.05, 4.69) is 5.11 Å². The van der Waals surface area contributed by atoms with Gasteiger partial charge >= 0.3 is 6.18 Å². The van der Waals surface area contributed by atoms with Gasteiger partial charge < -0.3 is 10.8 Å². The van der Waals surface area contributed by atoms with Gasteiger partial charge in [-0.05, 0) is 24.1 Å². The van der Waals surface area contributed by atoms with Crippen molar-refractivity contribution in [3.63, 3.8) is 0 Å². The van der Waals surface area contributed by atoms with Crippen LogP contribution in [0, 0.1) is 5.53 Å². The molecule has 0 aliphatic carbocycles. The molecule has 0 spiro atoms. The van der Waals surface area contributed by atoms with Crippen LogP contribution in [-0.4, -0.2) is 23.2 Å². The number of hydrogen-bond acceptors (Lipinski definition) is 4. The molecular formula is C11H12F3N3O2. The average Bonchev–Trinajstić information content (AvgIpc) is 2.34. The molecule has 2 atom stereocenters. The Labute approximate surface area is 106 Å². The minimum Gasteiger partial charge on any atom is -0.381 e. The summed E-state index contributed by atoms with van der Waals surface area (Å²) in [6.45, 7) is 0. The highest BCUT2D eigenvalue weighted by Crippen LogP contribution is 2.29. The molecule has 0 saturated heterocycles. The number of carbonyl (C=O) groups excluding carboxylic acids is 1. The molecule has 0 heterocycles. The molecule has 0 radical (unpaired) electrons. The first kappa shape index (κ1) is 15.1. The molecule has 0 fully saturated rings. The van der Waals surface area contributed by atoms with E-state index in [4.69, 9.17) is 11.3 Å². The lowest BCUT2D eigenvalue weighted by molar-refractivity contribution is -0.137. The molecule has 19 heavy (non-hydrogen) atoms. The predicted molar refractivity (Wildman–Crippen MR) is 59.3 cm³/mol. The molecule has 1 aromatic rings. The summed E-state index contributed by atoms with van der Waals surface area (Å²) in [6.07, 6.45) is -6.12. The van der Waals surface area contributed by atoms with Gasteiger partial charge in [0.15, 0.2) is 6.10 Å². The molecule has 0 aliphatic heterocycles. The van der Waals surface area contributed by atoms with Crippen LogP contribution < -0.4 is 5.73 Å². The molecule has 0 bridgehead atoms. The highest BCUT2D eigenvalue weighted by atomic mass is 19.4. The maximum Gasteiger partial charge on any atom is 0.416 e. The van der Waals surface area contributed by atoms with E-state index in [-0.39, 0.29) is 6.42 Å². The number of primary amides is 1. The Morgan fingerprint density at radius 1 is 1.37 bits per heavy atom. The van der Waals surface area contributed by atoms with Crippen molar-refractivity contribution in [3.05, 3.63) is 35.4 Å². The van der Waals surface area contributed by atoms with E-state index >= 15 is 0 Å². The van der Waals surface area contributed by atoms with E-state index in [0.717, 1.165) is 12.1 Å². The molecule has 1 rings (SSSR count). The van der Waals surface area contributed by atoms with Gasteiger partial charge in [-0.25, -0.2) is 5.53 Å². The van der Waals surface area contributed by atoms with Crippen LogP contribution in [0.1, 0.15) is 11.1 Å². The number of rotatable bonds is 5. The maximum absolute atomic E-state index is 12.3. The average molecular weight is 275 g/mol. The first-order valence-corrected chi connectivity index (χ1v) is 5.25. The van der Waals surface area contributed by atoms with Crippen molar-refractivity contribution in [2.75, 3.05) is 0 Å². The monoisotopic (exact) mass is 275 g/mol. The summed E-state index contributed by atoms with van der Waals surface area (Å²) in [5.74, 6) is -1.03. The molecule has 8 heteroatoms. The number of hydrogen-bond donors (Lipinski definition) is 3. The zero-order chi connectivity index (χ0) is 14.6. The van der Waals surface area contributed by atoms with Gasteiger partial charge in [-0.1, -0.05) is 12.1 Å². The Morgan fingerprint density at radius 3 is 2.26 bits per heavy atom. The van der Waals surface area contributed by atoms with Crippen LogP contribution in [-0.2, 0) is 17.4 Å². The molecule has 0 aromatic heterocycles. The van der Waals surface area contributed by atoms with E-state index < -0.39 is 29.8 Å². The van der Waals surface area contributed by atoms with E-state index in [0.29, 0.717) is 5.56 Å². The van der Waals surface area contributed by atoms with Gasteiger partial charge in [0.2, 0.25) is 5.91 Å². The highest BCUT2D eigenvalue weighted by molar-refractivity contribution is 5.79. The van der Waals surface area contributed by atoms with Crippen LogP contribution >= 0.6 is 0 Å². The summed E-state index contributed by atoms with van der Waals surface area (Å²) in [4.78, 5) is 10.8. The van der Waals surface area contributed by atoms with Gasteiger partial charge in [0.05, 0.1) is 5.56 Å². The third-order valence-electron chi connectivity index (χ3n) is 2.55. The van der Waals surface area contributed by atoms with Gasteiger partial charge in [-0.15, -0.1) is 0 Å². The number of halogens is 3. The Balaban J connectivity index is 2.82. The van der Waals surface area contributed by atoms with Crippen LogP contribution in [0.2, 0.25) is 0 Å². The number of nitrogens with zero attached hydrogens (tertiary/aromatic N) is 1. The number of carbonyl (C=O) groups is 1. The molecule has 0 saturated carbocycles. The quantitative estimate of drug-likeness (QED) is 0.709. The highest BCUT2D eigenvalue weighted by Gasteiger charge is 2.30. The number of nitrogens with two attached hydrogens (primary N) is 1. The molecular weight excluding hydrogens is 263 g/mol. The second-order valence-electron chi connectivity index (χ2n) is 3.94. The number of nitrogens with one attached hydrogen (secondary N) is 1. The fourth-order valence-electron chi connectivity index (χ4n) is 1.49. The van der Waals surface area contributed by atoms with Gasteiger partial charge in [-0.3, -0.25) is 4.79 Å². The second-order valence-corrected chi connectivity index (χ2v) is 3.94. The Bertz CT molecular complexity index is 459. The lowest BCUT2D eigenvalue weighted by Crippen LogP contribution is -2.38. The van der Waals surface area contributed by atoms with Crippen LogP contribution in [0.3, 0.4) is 0 Å². The van der Waals surface area contributed by atoms with Crippen molar-refractivity contribution in [3.8, 4) is 0 Å². The zero-order valence-corrected chi connectivity index (χ0v) is 9.69. The molecule has 2 unspecified atom stereocenters. The first-order chi connectivity index (χ1) is 8.75. The maximum atomic E-state index is 12.3. The van der Waals surface area contributed by atoms with Crippen molar-refractivity contribution in [1.82, 2.24) is 0 Å². The second kappa shape index (κ2) is 5.79. The third kappa shape index (κ3) is 4.02. The SMILES string of the molecule is N=NC(Cc1ccc(C(F)(F)F)cc1)C(O)C(N)=O. The smallest absolute Gasteiger partial charge is 0.381 e. The molecule has 5 nitrogen and oxygen atoms in total. The first-order valence-electron chi connectivity index (χ1n) is 5.25. The van der Waals surface area contributed by atoms with Crippen LogP contribution in [0.15, 0.2) is 29.4 Å². The molecule has 1 amide bonds. The van der Waals surface area contributed by atoms with E-state index in [1.807, 2.05) is 0 Å². The Kier molecular flexibility index (Phi) is 4.60. The number of benzene rings is 1. The molecule has 1 aromatic carbocycles.